The number of halogens is 1. The summed E-state index contributed by atoms with van der Waals surface area (Å²) in [6.07, 6.45) is -0.101. The average molecular weight is 605 g/mol. The van der Waals surface area contributed by atoms with Crippen LogP contribution in [-0.4, -0.2) is 51.0 Å². The molecule has 1 saturated heterocycles. The van der Waals surface area contributed by atoms with Crippen LogP contribution in [0.3, 0.4) is 0 Å². The van der Waals surface area contributed by atoms with Crippen LogP contribution in [-0.2, 0) is 23.2 Å². The van der Waals surface area contributed by atoms with Gasteiger partial charge >= 0.3 is 5.88 Å². The van der Waals surface area contributed by atoms with E-state index in [0.717, 1.165) is 3.57 Å². The number of rotatable bonds is 7. The minimum Gasteiger partial charge on any atom is -0.326 e. The van der Waals surface area contributed by atoms with Crippen molar-refractivity contribution in [2.75, 3.05) is 17.7 Å². The van der Waals surface area contributed by atoms with Gasteiger partial charge in [0.15, 0.2) is 12.2 Å². The lowest BCUT2D eigenvalue weighted by Gasteiger charge is -2.21. The van der Waals surface area contributed by atoms with Crippen molar-refractivity contribution in [3.8, 4) is 0 Å². The molecule has 2 aromatic carbocycles. The first-order chi connectivity index (χ1) is 16.7. The van der Waals surface area contributed by atoms with Crippen molar-refractivity contribution in [1.82, 2.24) is 15.1 Å². The van der Waals surface area contributed by atoms with E-state index in [1.165, 1.54) is 9.58 Å². The lowest BCUT2D eigenvalue weighted by Crippen LogP contribution is -2.42. The Bertz CT molecular complexity index is 1280. The Kier molecular flexibility index (Phi) is 7.40. The largest absolute Gasteiger partial charge is 0.326 e. The van der Waals surface area contributed by atoms with E-state index in [2.05, 4.69) is 38.5 Å². The quantitative estimate of drug-likeness (QED) is 0.242. The molecule has 35 heavy (non-hydrogen) atoms. The van der Waals surface area contributed by atoms with Gasteiger partial charge in [0.1, 0.15) is 12.6 Å². The van der Waals surface area contributed by atoms with Crippen LogP contribution in [0.5, 0.6) is 0 Å². The number of amides is 3. The Morgan fingerprint density at radius 2 is 1.83 bits per heavy atom. The second-order valence-corrected chi connectivity index (χ2v) is 9.49. The van der Waals surface area contributed by atoms with Crippen LogP contribution in [0.15, 0.2) is 59.1 Å². The molecule has 2 N–H and O–H groups in total. The molecule has 4 rings (SSSR count). The lowest BCUT2D eigenvalue weighted by molar-refractivity contribution is -0.746. The predicted molar refractivity (Wildman–Crippen MR) is 139 cm³/mol. The molecule has 180 valence electrons. The van der Waals surface area contributed by atoms with Gasteiger partial charge < -0.3 is 10.2 Å². The SMILES string of the molecule is CN1C(=O)C(CC(=O)Nc2ccc(I)cc2)N(Cc2c(NC(=O)c3ccccc3)on[n+]2C)C1=S. The number of nitrogens with one attached hydrogen (secondary N) is 2. The Morgan fingerprint density at radius 1 is 1.14 bits per heavy atom. The minimum absolute atomic E-state index is 0.0980. The number of hydrogen-bond acceptors (Lipinski definition) is 6. The first kappa shape index (κ1) is 24.7. The molecule has 0 aliphatic carbocycles. The molecule has 3 aromatic rings. The van der Waals surface area contributed by atoms with Crippen molar-refractivity contribution in [1.29, 1.82) is 0 Å². The van der Waals surface area contributed by atoms with Gasteiger partial charge in [-0.05, 0) is 75.9 Å². The Labute approximate surface area is 220 Å². The molecule has 1 aliphatic heterocycles. The molecule has 3 amide bonds. The molecule has 1 unspecified atom stereocenters. The van der Waals surface area contributed by atoms with Gasteiger partial charge in [-0.25, -0.2) is 0 Å². The number of likely N-dealkylation sites (N-methyl/N-ethyl adjacent to an activating group) is 1. The van der Waals surface area contributed by atoms with Gasteiger partial charge in [0, 0.05) is 21.9 Å². The van der Waals surface area contributed by atoms with Crippen LogP contribution < -0.4 is 15.3 Å². The maximum absolute atomic E-state index is 12.9. The molecule has 0 saturated carbocycles. The molecule has 12 heteroatoms. The topological polar surface area (TPSA) is 112 Å². The Balaban J connectivity index is 1.52. The average Bonchev–Trinajstić information content (AvgIpc) is 3.28. The fourth-order valence-electron chi connectivity index (χ4n) is 3.62. The number of benzene rings is 2. The zero-order chi connectivity index (χ0) is 25.1. The summed E-state index contributed by atoms with van der Waals surface area (Å²) in [5.41, 5.74) is 1.58. The molecule has 1 atom stereocenters. The molecule has 1 aliphatic rings. The first-order valence-electron chi connectivity index (χ1n) is 10.6. The standard InChI is InChI=1S/C23H21IN6O4S/c1-28-22(33)17(12-19(31)25-16-10-8-15(24)9-11-16)30(23(28)35)13-18-21(34-27-29(18)2)26-20(32)14-6-4-3-5-7-14/h3-11,17H,12-13H2,1-2H3,(H-,25,26,27,31,32)/p+1. The van der Waals surface area contributed by atoms with Crippen molar-refractivity contribution in [3.63, 3.8) is 0 Å². The number of thiocarbonyl (C=S) groups is 1. The highest BCUT2D eigenvalue weighted by atomic mass is 127. The Hall–Kier alpha value is -3.39. The second kappa shape index (κ2) is 10.5. The van der Waals surface area contributed by atoms with Gasteiger partial charge in [0.25, 0.3) is 17.5 Å². The van der Waals surface area contributed by atoms with E-state index in [0.29, 0.717) is 16.9 Å². The van der Waals surface area contributed by atoms with E-state index in [1.807, 2.05) is 18.2 Å². The van der Waals surface area contributed by atoms with Crippen LogP contribution >= 0.6 is 34.8 Å². The maximum atomic E-state index is 12.9. The number of hydrogen-bond donors (Lipinski definition) is 2. The number of nitrogens with zero attached hydrogens (tertiary/aromatic N) is 4. The zero-order valence-corrected chi connectivity index (χ0v) is 21.9. The van der Waals surface area contributed by atoms with E-state index in [-0.39, 0.29) is 41.7 Å². The van der Waals surface area contributed by atoms with Gasteiger partial charge in [0.2, 0.25) is 11.2 Å². The summed E-state index contributed by atoms with van der Waals surface area (Å²) in [6, 6.07) is 15.2. The summed E-state index contributed by atoms with van der Waals surface area (Å²) in [5, 5.41) is 9.69. The first-order valence-corrected chi connectivity index (χ1v) is 12.1. The summed E-state index contributed by atoms with van der Waals surface area (Å²) in [7, 11) is 3.22. The summed E-state index contributed by atoms with van der Waals surface area (Å²) >= 11 is 7.67. The van der Waals surface area contributed by atoms with E-state index < -0.39 is 6.04 Å². The van der Waals surface area contributed by atoms with Crippen LogP contribution in [0.25, 0.3) is 0 Å². The van der Waals surface area contributed by atoms with Crippen LogP contribution in [0.1, 0.15) is 22.5 Å². The third-order valence-corrected chi connectivity index (χ3v) is 6.75. The number of aromatic nitrogens is 2. The van der Waals surface area contributed by atoms with Crippen LogP contribution in [0.2, 0.25) is 0 Å². The fraction of sp³-hybridized carbons (Fsp3) is 0.217. The van der Waals surface area contributed by atoms with Gasteiger partial charge in [-0.3, -0.25) is 29.1 Å². The number of carbonyl (C=O) groups is 3. The molecule has 10 nitrogen and oxygen atoms in total. The highest BCUT2D eigenvalue weighted by Gasteiger charge is 2.43. The monoisotopic (exact) mass is 605 g/mol. The van der Waals surface area contributed by atoms with E-state index in [9.17, 15) is 14.4 Å². The fourth-order valence-corrected chi connectivity index (χ4v) is 4.26. The zero-order valence-electron chi connectivity index (χ0n) is 18.9. The molecule has 0 spiro atoms. The smallest absolute Gasteiger partial charge is 0.307 e. The second-order valence-electron chi connectivity index (χ2n) is 7.88. The maximum Gasteiger partial charge on any atom is 0.307 e. The van der Waals surface area contributed by atoms with Crippen molar-refractivity contribution < 1.29 is 23.6 Å². The highest BCUT2D eigenvalue weighted by Crippen LogP contribution is 2.24. The molecule has 2 heterocycles. The highest BCUT2D eigenvalue weighted by molar-refractivity contribution is 14.1. The predicted octanol–water partition coefficient (Wildman–Crippen LogP) is 2.31. The number of carbonyl (C=O) groups excluding carboxylic acids is 3. The normalized spacial score (nSPS) is 15.5. The molecular weight excluding hydrogens is 583 g/mol. The van der Waals surface area contributed by atoms with Gasteiger partial charge in [0.05, 0.1) is 6.42 Å². The summed E-state index contributed by atoms with van der Waals surface area (Å²) in [5.74, 6) is -0.843. The molecule has 0 bridgehead atoms. The van der Waals surface area contributed by atoms with Gasteiger partial charge in [-0.2, -0.15) is 0 Å². The summed E-state index contributed by atoms with van der Waals surface area (Å²) in [4.78, 5) is 41.3. The van der Waals surface area contributed by atoms with Crippen LogP contribution in [0.4, 0.5) is 11.6 Å². The third-order valence-electron chi connectivity index (χ3n) is 5.52. The third kappa shape index (κ3) is 5.48. The van der Waals surface area contributed by atoms with Crippen LogP contribution in [0, 0.1) is 3.57 Å². The van der Waals surface area contributed by atoms with Gasteiger partial charge in [-0.1, -0.05) is 18.2 Å². The van der Waals surface area contributed by atoms with Gasteiger partial charge in [-0.15, -0.1) is 0 Å². The van der Waals surface area contributed by atoms with Crippen molar-refractivity contribution >= 4 is 69.2 Å². The molecule has 1 fully saturated rings. The van der Waals surface area contributed by atoms with E-state index >= 15 is 0 Å². The molecule has 1 aromatic heterocycles. The molecule has 0 radical (unpaired) electrons. The van der Waals surface area contributed by atoms with Crippen molar-refractivity contribution in [2.24, 2.45) is 7.05 Å². The van der Waals surface area contributed by atoms with E-state index in [4.69, 9.17) is 16.7 Å². The Morgan fingerprint density at radius 3 is 2.51 bits per heavy atom. The number of anilines is 2. The van der Waals surface area contributed by atoms with Crippen molar-refractivity contribution in [3.05, 3.63) is 69.4 Å². The lowest BCUT2D eigenvalue weighted by atomic mass is 10.1. The minimum atomic E-state index is -0.816. The molecular formula is C23H22IN6O4S+. The summed E-state index contributed by atoms with van der Waals surface area (Å²) in [6.45, 7) is 0.0980. The van der Waals surface area contributed by atoms with Crippen molar-refractivity contribution in [2.45, 2.75) is 19.0 Å². The van der Waals surface area contributed by atoms with E-state index in [1.54, 1.807) is 55.4 Å². The summed E-state index contributed by atoms with van der Waals surface area (Å²) < 4.78 is 7.82. The number of aryl methyl sites for hydroxylation is 1.